The molecule has 1 aromatic carbocycles. The molecule has 1 aliphatic carbocycles. The van der Waals surface area contributed by atoms with Crippen LogP contribution in [0.25, 0.3) is 0 Å². The first kappa shape index (κ1) is 15.1. The summed E-state index contributed by atoms with van der Waals surface area (Å²) in [7, 11) is 1.65. The standard InChI is InChI=1S/C14H18Cl2O3/c1-17-6-7-18-14-12(16)8-13(14)19-9-10-2-4-11(15)5-3-10/h2-5,12-14H,6-9H2,1H3. The number of rotatable bonds is 7. The lowest BCUT2D eigenvalue weighted by atomic mass is 9.91. The summed E-state index contributed by atoms with van der Waals surface area (Å²) in [4.78, 5) is 0. The van der Waals surface area contributed by atoms with E-state index in [0.29, 0.717) is 19.8 Å². The predicted molar refractivity (Wildman–Crippen MR) is 75.9 cm³/mol. The van der Waals surface area contributed by atoms with E-state index in [9.17, 15) is 0 Å². The number of alkyl halides is 1. The summed E-state index contributed by atoms with van der Waals surface area (Å²) >= 11 is 12.0. The fourth-order valence-electron chi connectivity index (χ4n) is 1.95. The van der Waals surface area contributed by atoms with Crippen LogP contribution in [0, 0.1) is 0 Å². The van der Waals surface area contributed by atoms with Crippen molar-refractivity contribution >= 4 is 23.2 Å². The first-order chi connectivity index (χ1) is 9.20. The molecule has 5 heteroatoms. The lowest BCUT2D eigenvalue weighted by molar-refractivity contribution is -0.135. The normalized spacial score (nSPS) is 26.2. The SMILES string of the molecule is COCCOC1C(Cl)CC1OCc1ccc(Cl)cc1. The van der Waals surface area contributed by atoms with Gasteiger partial charge in [0.25, 0.3) is 0 Å². The molecule has 1 fully saturated rings. The molecule has 0 bridgehead atoms. The average Bonchev–Trinajstić information content (AvgIpc) is 2.41. The van der Waals surface area contributed by atoms with Crippen molar-refractivity contribution in [3.05, 3.63) is 34.9 Å². The fraction of sp³-hybridized carbons (Fsp3) is 0.571. The van der Waals surface area contributed by atoms with Crippen LogP contribution in [0.3, 0.4) is 0 Å². The van der Waals surface area contributed by atoms with Crippen molar-refractivity contribution in [2.45, 2.75) is 30.6 Å². The highest BCUT2D eigenvalue weighted by Gasteiger charge is 2.41. The molecule has 1 saturated carbocycles. The van der Waals surface area contributed by atoms with E-state index in [-0.39, 0.29) is 17.6 Å². The Morgan fingerprint density at radius 1 is 1.16 bits per heavy atom. The van der Waals surface area contributed by atoms with E-state index in [2.05, 4.69) is 0 Å². The molecule has 106 valence electrons. The summed E-state index contributed by atoms with van der Waals surface area (Å²) in [6, 6.07) is 7.63. The number of benzene rings is 1. The molecule has 3 nitrogen and oxygen atoms in total. The molecule has 3 atom stereocenters. The molecule has 1 aliphatic rings. The van der Waals surface area contributed by atoms with E-state index < -0.39 is 0 Å². The minimum absolute atomic E-state index is 0.0343. The third-order valence-electron chi connectivity index (χ3n) is 3.16. The zero-order valence-corrected chi connectivity index (χ0v) is 12.4. The second-order valence-electron chi connectivity index (χ2n) is 4.56. The van der Waals surface area contributed by atoms with Crippen molar-refractivity contribution in [1.82, 2.24) is 0 Å². The summed E-state index contributed by atoms with van der Waals surface area (Å²) in [6.07, 6.45) is 0.853. The molecule has 3 unspecified atom stereocenters. The zero-order valence-electron chi connectivity index (χ0n) is 10.9. The van der Waals surface area contributed by atoms with Gasteiger partial charge in [-0.2, -0.15) is 0 Å². The molecule has 0 aromatic heterocycles. The maximum atomic E-state index is 6.13. The van der Waals surface area contributed by atoms with Crippen LogP contribution in [0.4, 0.5) is 0 Å². The lowest BCUT2D eigenvalue weighted by Gasteiger charge is -2.40. The van der Waals surface area contributed by atoms with Gasteiger partial charge in [-0.1, -0.05) is 23.7 Å². The van der Waals surface area contributed by atoms with E-state index in [0.717, 1.165) is 17.0 Å². The largest absolute Gasteiger partial charge is 0.382 e. The monoisotopic (exact) mass is 304 g/mol. The molecule has 0 aliphatic heterocycles. The summed E-state index contributed by atoms with van der Waals surface area (Å²) in [5.41, 5.74) is 1.10. The smallest absolute Gasteiger partial charge is 0.100 e. The number of ether oxygens (including phenoxy) is 3. The van der Waals surface area contributed by atoms with Gasteiger partial charge in [-0.15, -0.1) is 11.6 Å². The molecule has 19 heavy (non-hydrogen) atoms. The van der Waals surface area contributed by atoms with Gasteiger partial charge < -0.3 is 14.2 Å². The van der Waals surface area contributed by atoms with Gasteiger partial charge >= 0.3 is 0 Å². The van der Waals surface area contributed by atoms with Crippen molar-refractivity contribution in [3.63, 3.8) is 0 Å². The molecule has 0 spiro atoms. The first-order valence-electron chi connectivity index (χ1n) is 6.31. The summed E-state index contributed by atoms with van der Waals surface area (Å²) in [5.74, 6) is 0. The van der Waals surface area contributed by atoms with E-state index in [1.807, 2.05) is 24.3 Å². The van der Waals surface area contributed by atoms with Crippen LogP contribution in [0.15, 0.2) is 24.3 Å². The second kappa shape index (κ2) is 7.46. The van der Waals surface area contributed by atoms with Gasteiger partial charge in [0.2, 0.25) is 0 Å². The average molecular weight is 305 g/mol. The minimum Gasteiger partial charge on any atom is -0.382 e. The Bertz CT molecular complexity index is 383. The van der Waals surface area contributed by atoms with E-state index in [1.165, 1.54) is 0 Å². The van der Waals surface area contributed by atoms with Crippen LogP contribution in [0.5, 0.6) is 0 Å². The van der Waals surface area contributed by atoms with Gasteiger partial charge in [0.15, 0.2) is 0 Å². The molecular weight excluding hydrogens is 287 g/mol. The second-order valence-corrected chi connectivity index (χ2v) is 5.55. The maximum absolute atomic E-state index is 6.13. The molecule has 0 amide bonds. The van der Waals surface area contributed by atoms with E-state index >= 15 is 0 Å². The number of hydrogen-bond donors (Lipinski definition) is 0. The third kappa shape index (κ3) is 4.33. The first-order valence-corrected chi connectivity index (χ1v) is 7.13. The van der Waals surface area contributed by atoms with Crippen molar-refractivity contribution in [1.29, 1.82) is 0 Å². The van der Waals surface area contributed by atoms with Gasteiger partial charge in [-0.25, -0.2) is 0 Å². The highest BCUT2D eigenvalue weighted by atomic mass is 35.5. The Kier molecular flexibility index (Phi) is 5.92. The molecular formula is C14H18Cl2O3. The van der Waals surface area contributed by atoms with Crippen molar-refractivity contribution in [2.75, 3.05) is 20.3 Å². The number of hydrogen-bond acceptors (Lipinski definition) is 3. The quantitative estimate of drug-likeness (QED) is 0.571. The molecule has 0 N–H and O–H groups in total. The zero-order chi connectivity index (χ0) is 13.7. The Morgan fingerprint density at radius 2 is 1.89 bits per heavy atom. The molecule has 1 aromatic rings. The van der Waals surface area contributed by atoms with Crippen LogP contribution in [0.1, 0.15) is 12.0 Å². The van der Waals surface area contributed by atoms with Gasteiger partial charge in [0.05, 0.1) is 31.3 Å². The molecule has 0 heterocycles. The molecule has 0 saturated heterocycles. The fourth-order valence-corrected chi connectivity index (χ4v) is 2.49. The lowest BCUT2D eigenvalue weighted by Crippen LogP contribution is -2.51. The topological polar surface area (TPSA) is 27.7 Å². The Hall–Kier alpha value is -0.320. The Morgan fingerprint density at radius 3 is 2.53 bits per heavy atom. The summed E-state index contributed by atoms with van der Waals surface area (Å²) < 4.78 is 16.4. The number of halogens is 2. The highest BCUT2D eigenvalue weighted by Crippen LogP contribution is 2.32. The van der Waals surface area contributed by atoms with Crippen molar-refractivity contribution in [3.8, 4) is 0 Å². The van der Waals surface area contributed by atoms with Gasteiger partial charge in [0, 0.05) is 12.1 Å². The van der Waals surface area contributed by atoms with E-state index in [1.54, 1.807) is 7.11 Å². The van der Waals surface area contributed by atoms with E-state index in [4.69, 9.17) is 37.4 Å². The number of methoxy groups -OCH3 is 1. The van der Waals surface area contributed by atoms with Gasteiger partial charge in [-0.3, -0.25) is 0 Å². The Balaban J connectivity index is 1.74. The van der Waals surface area contributed by atoms with Crippen LogP contribution >= 0.6 is 23.2 Å². The van der Waals surface area contributed by atoms with Crippen molar-refractivity contribution < 1.29 is 14.2 Å². The predicted octanol–water partition coefficient (Wildman–Crippen LogP) is 3.27. The Labute approximate surface area is 123 Å². The van der Waals surface area contributed by atoms with Crippen LogP contribution in [0.2, 0.25) is 5.02 Å². The maximum Gasteiger partial charge on any atom is 0.100 e. The van der Waals surface area contributed by atoms with Gasteiger partial charge in [0.1, 0.15) is 6.10 Å². The van der Waals surface area contributed by atoms with Crippen LogP contribution < -0.4 is 0 Å². The van der Waals surface area contributed by atoms with Crippen molar-refractivity contribution in [2.24, 2.45) is 0 Å². The van der Waals surface area contributed by atoms with Crippen LogP contribution in [-0.4, -0.2) is 37.9 Å². The van der Waals surface area contributed by atoms with Gasteiger partial charge in [-0.05, 0) is 24.1 Å². The molecule has 0 radical (unpaired) electrons. The van der Waals surface area contributed by atoms with Crippen LogP contribution in [-0.2, 0) is 20.8 Å². The minimum atomic E-state index is -0.0379. The highest BCUT2D eigenvalue weighted by molar-refractivity contribution is 6.30. The third-order valence-corrected chi connectivity index (χ3v) is 3.83. The molecule has 2 rings (SSSR count). The summed E-state index contributed by atoms with van der Waals surface area (Å²) in [6.45, 7) is 1.67. The summed E-state index contributed by atoms with van der Waals surface area (Å²) in [5, 5.41) is 0.765.